The van der Waals surface area contributed by atoms with E-state index in [0.29, 0.717) is 30.8 Å². The SMILES string of the molecule is Cc1cccc(C(=O)NCC(=O)N2CCCN2C(=O)c2cc(C(C)(C)C)nn2C)c1. The smallest absolute Gasteiger partial charge is 0.290 e. The fourth-order valence-corrected chi connectivity index (χ4v) is 3.38. The molecule has 30 heavy (non-hydrogen) atoms. The Balaban J connectivity index is 1.68. The molecule has 160 valence electrons. The molecule has 0 bridgehead atoms. The lowest BCUT2D eigenvalue weighted by atomic mass is 9.92. The van der Waals surface area contributed by atoms with Crippen LogP contribution in [0.15, 0.2) is 30.3 Å². The number of aryl methyl sites for hydroxylation is 2. The van der Waals surface area contributed by atoms with Gasteiger partial charge in [-0.3, -0.25) is 19.1 Å². The Morgan fingerprint density at radius 1 is 1.10 bits per heavy atom. The first-order valence-corrected chi connectivity index (χ1v) is 10.1. The highest BCUT2D eigenvalue weighted by molar-refractivity contribution is 5.98. The van der Waals surface area contributed by atoms with Crippen molar-refractivity contribution in [3.63, 3.8) is 0 Å². The summed E-state index contributed by atoms with van der Waals surface area (Å²) in [5.41, 5.74) is 2.54. The van der Waals surface area contributed by atoms with Gasteiger partial charge in [0, 0.05) is 31.1 Å². The highest BCUT2D eigenvalue weighted by Crippen LogP contribution is 2.23. The van der Waals surface area contributed by atoms with Crippen LogP contribution in [0.1, 0.15) is 59.3 Å². The van der Waals surface area contributed by atoms with Gasteiger partial charge in [-0.2, -0.15) is 5.10 Å². The number of hydrogen-bond donors (Lipinski definition) is 1. The molecular weight excluding hydrogens is 382 g/mol. The number of aromatic nitrogens is 2. The second-order valence-corrected chi connectivity index (χ2v) is 8.64. The van der Waals surface area contributed by atoms with Gasteiger partial charge in [0.25, 0.3) is 17.7 Å². The van der Waals surface area contributed by atoms with E-state index < -0.39 is 0 Å². The standard InChI is InChI=1S/C22H29N5O3/c1-15-8-6-9-16(12-15)20(29)23-14-19(28)26-10-7-11-27(26)21(30)17-13-18(22(2,3)4)24-25(17)5/h6,8-9,12-13H,7,10-11,14H2,1-5H3,(H,23,29). The summed E-state index contributed by atoms with van der Waals surface area (Å²) >= 11 is 0. The third-order valence-corrected chi connectivity index (χ3v) is 5.10. The van der Waals surface area contributed by atoms with Crippen LogP contribution in [0.4, 0.5) is 0 Å². The van der Waals surface area contributed by atoms with E-state index in [1.165, 1.54) is 10.0 Å². The first-order valence-electron chi connectivity index (χ1n) is 10.1. The molecule has 1 N–H and O–H groups in total. The minimum Gasteiger partial charge on any atom is -0.343 e. The molecule has 0 atom stereocenters. The molecule has 0 unspecified atom stereocenters. The number of amides is 3. The number of nitrogens with one attached hydrogen (secondary N) is 1. The van der Waals surface area contributed by atoms with Crippen molar-refractivity contribution in [3.8, 4) is 0 Å². The second-order valence-electron chi connectivity index (χ2n) is 8.64. The summed E-state index contributed by atoms with van der Waals surface area (Å²) in [6.07, 6.45) is 0.688. The Morgan fingerprint density at radius 2 is 1.80 bits per heavy atom. The van der Waals surface area contributed by atoms with E-state index in [4.69, 9.17) is 0 Å². The predicted molar refractivity (Wildman–Crippen MR) is 113 cm³/mol. The highest BCUT2D eigenvalue weighted by atomic mass is 16.2. The van der Waals surface area contributed by atoms with Crippen LogP contribution < -0.4 is 5.32 Å². The van der Waals surface area contributed by atoms with Crippen molar-refractivity contribution in [3.05, 3.63) is 52.8 Å². The molecule has 1 saturated heterocycles. The maximum Gasteiger partial charge on any atom is 0.290 e. The molecule has 8 nitrogen and oxygen atoms in total. The number of hydrogen-bond acceptors (Lipinski definition) is 4. The Bertz CT molecular complexity index is 973. The Kier molecular flexibility index (Phi) is 5.96. The van der Waals surface area contributed by atoms with Gasteiger partial charge in [0.2, 0.25) is 0 Å². The molecule has 1 aromatic carbocycles. The van der Waals surface area contributed by atoms with Crippen LogP contribution in [0.2, 0.25) is 0 Å². The van der Waals surface area contributed by atoms with Gasteiger partial charge in [-0.25, -0.2) is 10.0 Å². The third-order valence-electron chi connectivity index (χ3n) is 5.10. The molecule has 3 rings (SSSR count). The van der Waals surface area contributed by atoms with E-state index >= 15 is 0 Å². The van der Waals surface area contributed by atoms with Crippen LogP contribution in [-0.4, -0.2) is 57.2 Å². The summed E-state index contributed by atoms with van der Waals surface area (Å²) in [5.74, 6) is -0.901. The van der Waals surface area contributed by atoms with E-state index in [9.17, 15) is 14.4 Å². The van der Waals surface area contributed by atoms with Crippen LogP contribution in [-0.2, 0) is 17.3 Å². The Morgan fingerprint density at radius 3 is 2.43 bits per heavy atom. The van der Waals surface area contributed by atoms with Crippen LogP contribution >= 0.6 is 0 Å². The average molecular weight is 412 g/mol. The third kappa shape index (κ3) is 4.53. The fourth-order valence-electron chi connectivity index (χ4n) is 3.38. The fraction of sp³-hybridized carbons (Fsp3) is 0.455. The lowest BCUT2D eigenvalue weighted by Gasteiger charge is -2.27. The van der Waals surface area contributed by atoms with Crippen LogP contribution in [0.3, 0.4) is 0 Å². The first kappa shape index (κ1) is 21.5. The molecule has 0 radical (unpaired) electrons. The van der Waals surface area contributed by atoms with Gasteiger partial charge in [-0.15, -0.1) is 0 Å². The zero-order valence-electron chi connectivity index (χ0n) is 18.2. The quantitative estimate of drug-likeness (QED) is 0.834. The maximum atomic E-state index is 13.1. The zero-order valence-corrected chi connectivity index (χ0v) is 18.2. The summed E-state index contributed by atoms with van der Waals surface area (Å²) < 4.78 is 1.56. The van der Waals surface area contributed by atoms with Crippen molar-refractivity contribution < 1.29 is 14.4 Å². The van der Waals surface area contributed by atoms with Crippen molar-refractivity contribution in [2.75, 3.05) is 19.6 Å². The first-order chi connectivity index (χ1) is 14.1. The second kappa shape index (κ2) is 8.30. The molecule has 8 heteroatoms. The molecule has 1 fully saturated rings. The molecule has 0 aliphatic carbocycles. The van der Waals surface area contributed by atoms with Gasteiger partial charge < -0.3 is 5.32 Å². The van der Waals surface area contributed by atoms with Crippen LogP contribution in [0.25, 0.3) is 0 Å². The summed E-state index contributed by atoms with van der Waals surface area (Å²) in [5, 5.41) is 9.97. The average Bonchev–Trinajstić information content (AvgIpc) is 3.32. The van der Waals surface area contributed by atoms with Crippen molar-refractivity contribution in [2.24, 2.45) is 7.05 Å². The topological polar surface area (TPSA) is 87.5 Å². The summed E-state index contributed by atoms with van der Waals surface area (Å²) in [4.78, 5) is 38.2. The summed E-state index contributed by atoms with van der Waals surface area (Å²) in [6.45, 7) is 8.72. The lowest BCUT2D eigenvalue weighted by Crippen LogP contribution is -2.49. The Hall–Kier alpha value is -3.16. The minimum atomic E-state index is -0.319. The summed E-state index contributed by atoms with van der Waals surface area (Å²) in [7, 11) is 1.73. The molecular formula is C22H29N5O3. The van der Waals surface area contributed by atoms with E-state index in [2.05, 4.69) is 10.4 Å². The van der Waals surface area contributed by atoms with Gasteiger partial charge in [0.05, 0.1) is 12.2 Å². The Labute approximate surface area is 176 Å². The molecule has 3 amide bonds. The summed E-state index contributed by atoms with van der Waals surface area (Å²) in [6, 6.07) is 8.95. The largest absolute Gasteiger partial charge is 0.343 e. The lowest BCUT2D eigenvalue weighted by molar-refractivity contribution is -0.139. The molecule has 2 aromatic rings. The van der Waals surface area contributed by atoms with Gasteiger partial charge in [0.15, 0.2) is 0 Å². The monoisotopic (exact) mass is 411 g/mol. The number of carbonyl (C=O) groups is 3. The van der Waals surface area contributed by atoms with Crippen molar-refractivity contribution >= 4 is 17.7 Å². The van der Waals surface area contributed by atoms with E-state index in [0.717, 1.165) is 11.3 Å². The normalized spacial score (nSPS) is 14.2. The van der Waals surface area contributed by atoms with Crippen molar-refractivity contribution in [1.82, 2.24) is 25.1 Å². The van der Waals surface area contributed by atoms with Gasteiger partial charge in [0.1, 0.15) is 5.69 Å². The number of nitrogens with zero attached hydrogens (tertiary/aromatic N) is 4. The predicted octanol–water partition coefficient (Wildman–Crippen LogP) is 2.05. The van der Waals surface area contributed by atoms with Crippen molar-refractivity contribution in [1.29, 1.82) is 0 Å². The van der Waals surface area contributed by atoms with Crippen LogP contribution in [0, 0.1) is 6.92 Å². The van der Waals surface area contributed by atoms with Gasteiger partial charge in [-0.05, 0) is 31.5 Å². The molecule has 1 aromatic heterocycles. The number of carbonyl (C=O) groups excluding carboxylic acids is 3. The van der Waals surface area contributed by atoms with Crippen molar-refractivity contribution in [2.45, 2.75) is 39.5 Å². The number of benzene rings is 1. The zero-order chi connectivity index (χ0) is 22.1. The molecule has 0 saturated carbocycles. The van der Waals surface area contributed by atoms with Gasteiger partial charge in [-0.1, -0.05) is 38.5 Å². The minimum absolute atomic E-state index is 0.171. The maximum absolute atomic E-state index is 13.1. The van der Waals surface area contributed by atoms with Crippen LogP contribution in [0.5, 0.6) is 0 Å². The van der Waals surface area contributed by atoms with E-state index in [1.807, 2.05) is 33.8 Å². The number of hydrazine groups is 1. The van der Waals surface area contributed by atoms with E-state index in [1.54, 1.807) is 36.0 Å². The number of rotatable bonds is 4. The van der Waals surface area contributed by atoms with Gasteiger partial charge >= 0.3 is 0 Å². The molecule has 1 aliphatic rings. The highest BCUT2D eigenvalue weighted by Gasteiger charge is 2.33. The molecule has 2 heterocycles. The molecule has 0 spiro atoms. The van der Waals surface area contributed by atoms with E-state index in [-0.39, 0.29) is 29.7 Å². The molecule has 1 aliphatic heterocycles.